The van der Waals surface area contributed by atoms with Crippen LogP contribution in [0, 0.1) is 0 Å². The van der Waals surface area contributed by atoms with Crippen LogP contribution in [0.3, 0.4) is 0 Å². The summed E-state index contributed by atoms with van der Waals surface area (Å²) in [5, 5.41) is 21.4. The molecule has 0 aromatic heterocycles. The molecule has 1 heterocycles. The molecule has 7 nitrogen and oxygen atoms in total. The van der Waals surface area contributed by atoms with Crippen molar-refractivity contribution < 1.29 is 24.5 Å². The Kier molecular flexibility index (Phi) is 7.58. The Morgan fingerprint density at radius 3 is 2.53 bits per heavy atom. The number of Topliss-reactive ketones (excluding diaryl/α,β-unsaturated/α-hetero) is 1. The van der Waals surface area contributed by atoms with Crippen LogP contribution in [0.4, 0.5) is 0 Å². The van der Waals surface area contributed by atoms with Gasteiger partial charge in [0.2, 0.25) is 0 Å². The van der Waals surface area contributed by atoms with Gasteiger partial charge in [0.05, 0.1) is 24.3 Å². The zero-order valence-corrected chi connectivity index (χ0v) is 19.9. The molecule has 0 aliphatic carbocycles. The SMILES string of the molecule is CCN(CC)CCN1C(=O)C(=O)C(=C(O)c2cc(Br)ccc2O)C1c1cccc(OC)c1. The summed E-state index contributed by atoms with van der Waals surface area (Å²) in [4.78, 5) is 29.8. The van der Waals surface area contributed by atoms with E-state index >= 15 is 0 Å². The Morgan fingerprint density at radius 1 is 1.16 bits per heavy atom. The minimum Gasteiger partial charge on any atom is -0.507 e. The number of nitrogens with zero attached hydrogens (tertiary/aromatic N) is 2. The summed E-state index contributed by atoms with van der Waals surface area (Å²) in [5.41, 5.74) is 0.657. The molecule has 0 bridgehead atoms. The molecule has 170 valence electrons. The summed E-state index contributed by atoms with van der Waals surface area (Å²) >= 11 is 3.32. The molecule has 2 aromatic carbocycles. The van der Waals surface area contributed by atoms with E-state index < -0.39 is 23.5 Å². The highest BCUT2D eigenvalue weighted by Crippen LogP contribution is 2.41. The smallest absolute Gasteiger partial charge is 0.295 e. The normalized spacial score (nSPS) is 17.9. The highest BCUT2D eigenvalue weighted by Gasteiger charge is 2.46. The molecule has 1 unspecified atom stereocenters. The molecule has 0 radical (unpaired) electrons. The molecule has 8 heteroatoms. The third-order valence-corrected chi connectivity index (χ3v) is 6.21. The number of carbonyl (C=O) groups is 2. The van der Waals surface area contributed by atoms with Crippen LogP contribution >= 0.6 is 15.9 Å². The number of hydrogen-bond donors (Lipinski definition) is 2. The molecule has 1 atom stereocenters. The minimum atomic E-state index is -0.806. The molecular weight excluding hydrogens is 476 g/mol. The number of carbonyl (C=O) groups excluding carboxylic acids is 2. The first kappa shape index (κ1) is 23.8. The Labute approximate surface area is 196 Å². The van der Waals surface area contributed by atoms with Gasteiger partial charge in [-0.3, -0.25) is 9.59 Å². The number of aliphatic hydroxyl groups is 1. The maximum atomic E-state index is 13.1. The summed E-state index contributed by atoms with van der Waals surface area (Å²) in [6.45, 7) is 6.60. The summed E-state index contributed by atoms with van der Waals surface area (Å²) in [5.74, 6) is -1.50. The number of aliphatic hydroxyl groups excluding tert-OH is 1. The molecule has 1 amide bonds. The van der Waals surface area contributed by atoms with E-state index in [-0.39, 0.29) is 16.9 Å². The Balaban J connectivity index is 2.16. The predicted molar refractivity (Wildman–Crippen MR) is 126 cm³/mol. The molecule has 2 aromatic rings. The quantitative estimate of drug-likeness (QED) is 0.323. The van der Waals surface area contributed by atoms with Crippen molar-refractivity contribution in [2.45, 2.75) is 19.9 Å². The Hall–Kier alpha value is -2.84. The van der Waals surface area contributed by atoms with Crippen molar-refractivity contribution in [3.8, 4) is 11.5 Å². The molecule has 32 heavy (non-hydrogen) atoms. The Morgan fingerprint density at radius 2 is 1.88 bits per heavy atom. The average molecular weight is 503 g/mol. The van der Waals surface area contributed by atoms with E-state index in [2.05, 4.69) is 20.8 Å². The second-order valence-corrected chi connectivity index (χ2v) is 8.37. The number of hydrogen-bond acceptors (Lipinski definition) is 6. The average Bonchev–Trinajstić information content (AvgIpc) is 3.05. The molecule has 0 spiro atoms. The molecule has 2 N–H and O–H groups in total. The van der Waals surface area contributed by atoms with Crippen LogP contribution in [-0.4, -0.2) is 65.0 Å². The number of phenols is 1. The Bertz CT molecular complexity index is 1050. The van der Waals surface area contributed by atoms with E-state index in [0.29, 0.717) is 28.9 Å². The zero-order valence-electron chi connectivity index (χ0n) is 18.3. The topological polar surface area (TPSA) is 90.3 Å². The first-order valence-corrected chi connectivity index (χ1v) is 11.2. The van der Waals surface area contributed by atoms with Gasteiger partial charge in [-0.1, -0.05) is 41.9 Å². The van der Waals surface area contributed by atoms with Gasteiger partial charge in [0, 0.05) is 17.6 Å². The summed E-state index contributed by atoms with van der Waals surface area (Å²) in [7, 11) is 1.54. The lowest BCUT2D eigenvalue weighted by Crippen LogP contribution is -2.38. The molecule has 1 aliphatic heterocycles. The van der Waals surface area contributed by atoms with Gasteiger partial charge in [0.15, 0.2) is 0 Å². The molecule has 0 saturated carbocycles. The number of benzene rings is 2. The summed E-state index contributed by atoms with van der Waals surface area (Å²) < 4.78 is 5.95. The van der Waals surface area contributed by atoms with Gasteiger partial charge >= 0.3 is 0 Å². The standard InChI is InChI=1S/C24H27BrN2O5/c1-4-26(5-2)11-12-27-21(15-7-6-8-17(13-15)32-3)20(23(30)24(27)31)22(29)18-14-16(25)9-10-19(18)28/h6-10,13-14,21,28-29H,4-5,11-12H2,1-3H3. The van der Waals surface area contributed by atoms with Gasteiger partial charge in [-0.25, -0.2) is 0 Å². The number of likely N-dealkylation sites (N-methyl/N-ethyl adjacent to an activating group) is 1. The number of phenolic OH excluding ortho intramolecular Hbond substituents is 1. The van der Waals surface area contributed by atoms with E-state index in [1.807, 2.05) is 13.8 Å². The monoisotopic (exact) mass is 502 g/mol. The molecule has 3 rings (SSSR count). The van der Waals surface area contributed by atoms with Crippen molar-refractivity contribution in [2.24, 2.45) is 0 Å². The van der Waals surface area contributed by atoms with Crippen molar-refractivity contribution in [3.05, 3.63) is 63.6 Å². The van der Waals surface area contributed by atoms with Crippen LogP contribution in [-0.2, 0) is 9.59 Å². The van der Waals surface area contributed by atoms with Crippen LogP contribution in [0.5, 0.6) is 11.5 Å². The highest BCUT2D eigenvalue weighted by molar-refractivity contribution is 9.10. The number of rotatable bonds is 8. The van der Waals surface area contributed by atoms with Crippen LogP contribution in [0.1, 0.15) is 31.0 Å². The summed E-state index contributed by atoms with van der Waals surface area (Å²) in [6, 6.07) is 10.8. The number of halogens is 1. The van der Waals surface area contributed by atoms with Gasteiger partial charge in [0.25, 0.3) is 11.7 Å². The van der Waals surface area contributed by atoms with Crippen molar-refractivity contribution in [1.29, 1.82) is 0 Å². The maximum absolute atomic E-state index is 13.1. The first-order chi connectivity index (χ1) is 15.3. The lowest BCUT2D eigenvalue weighted by atomic mass is 9.95. The van der Waals surface area contributed by atoms with Crippen molar-refractivity contribution in [3.63, 3.8) is 0 Å². The van der Waals surface area contributed by atoms with Crippen molar-refractivity contribution in [2.75, 3.05) is 33.3 Å². The minimum absolute atomic E-state index is 0.0591. The predicted octanol–water partition coefficient (Wildman–Crippen LogP) is 3.93. The number of amides is 1. The number of ketones is 1. The molecule has 1 aliphatic rings. The van der Waals surface area contributed by atoms with E-state index in [9.17, 15) is 19.8 Å². The third kappa shape index (κ3) is 4.66. The fourth-order valence-electron chi connectivity index (χ4n) is 3.90. The largest absolute Gasteiger partial charge is 0.507 e. The number of aromatic hydroxyl groups is 1. The van der Waals surface area contributed by atoms with Crippen LogP contribution in [0.25, 0.3) is 5.76 Å². The van der Waals surface area contributed by atoms with Crippen molar-refractivity contribution in [1.82, 2.24) is 9.80 Å². The van der Waals surface area contributed by atoms with Crippen LogP contribution < -0.4 is 4.74 Å². The highest BCUT2D eigenvalue weighted by atomic mass is 79.9. The van der Waals surface area contributed by atoms with Gasteiger partial charge in [-0.05, 0) is 49.0 Å². The third-order valence-electron chi connectivity index (χ3n) is 5.71. The first-order valence-electron chi connectivity index (χ1n) is 10.5. The zero-order chi connectivity index (χ0) is 23.4. The van der Waals surface area contributed by atoms with E-state index in [1.54, 1.807) is 30.3 Å². The lowest BCUT2D eigenvalue weighted by Gasteiger charge is -2.28. The fourth-order valence-corrected chi connectivity index (χ4v) is 4.26. The molecule has 1 fully saturated rings. The lowest BCUT2D eigenvalue weighted by molar-refractivity contribution is -0.140. The number of methoxy groups -OCH3 is 1. The van der Waals surface area contributed by atoms with Crippen molar-refractivity contribution >= 4 is 33.4 Å². The van der Waals surface area contributed by atoms with E-state index in [4.69, 9.17) is 4.74 Å². The van der Waals surface area contributed by atoms with Crippen LogP contribution in [0.15, 0.2) is 52.5 Å². The fraction of sp³-hybridized carbons (Fsp3) is 0.333. The second kappa shape index (κ2) is 10.2. The maximum Gasteiger partial charge on any atom is 0.295 e. The van der Waals surface area contributed by atoms with Gasteiger partial charge < -0.3 is 24.7 Å². The van der Waals surface area contributed by atoms with E-state index in [0.717, 1.165) is 13.1 Å². The van der Waals surface area contributed by atoms with Gasteiger partial charge in [-0.2, -0.15) is 0 Å². The van der Waals surface area contributed by atoms with Gasteiger partial charge in [0.1, 0.15) is 17.3 Å². The van der Waals surface area contributed by atoms with Gasteiger partial charge in [-0.15, -0.1) is 0 Å². The van der Waals surface area contributed by atoms with Crippen LogP contribution in [0.2, 0.25) is 0 Å². The molecular formula is C24H27BrN2O5. The second-order valence-electron chi connectivity index (χ2n) is 7.46. The number of likely N-dealkylation sites (tertiary alicyclic amines) is 1. The van der Waals surface area contributed by atoms with E-state index in [1.165, 1.54) is 24.1 Å². The number of ether oxygens (including phenoxy) is 1. The summed E-state index contributed by atoms with van der Waals surface area (Å²) in [6.07, 6.45) is 0. The molecule has 1 saturated heterocycles.